The third kappa shape index (κ3) is 7.34. The molecule has 0 radical (unpaired) electrons. The minimum absolute atomic E-state index is 0.0852. The van der Waals surface area contributed by atoms with Crippen LogP contribution in [0.1, 0.15) is 28.6 Å². The number of nitrogens with zero attached hydrogens (tertiary/aromatic N) is 1. The fraction of sp³-hybridized carbons (Fsp3) is 0.292. The van der Waals surface area contributed by atoms with Crippen LogP contribution in [-0.2, 0) is 20.5 Å². The number of hydrogen-bond acceptors (Lipinski definition) is 7. The van der Waals surface area contributed by atoms with E-state index < -0.39 is 34.5 Å². The smallest absolute Gasteiger partial charge is 0.417 e. The van der Waals surface area contributed by atoms with Gasteiger partial charge in [0.15, 0.2) is 0 Å². The predicted molar refractivity (Wildman–Crippen MR) is 134 cm³/mol. The summed E-state index contributed by atoms with van der Waals surface area (Å²) < 4.78 is 49.9. The van der Waals surface area contributed by atoms with E-state index in [9.17, 15) is 27.6 Å². The number of alkyl halides is 3. The van der Waals surface area contributed by atoms with Crippen molar-refractivity contribution in [2.75, 3.05) is 37.4 Å². The summed E-state index contributed by atoms with van der Waals surface area (Å²) in [5.41, 5.74) is -0.533. The number of thiophene rings is 1. The third-order valence-electron chi connectivity index (χ3n) is 4.91. The second-order valence-electron chi connectivity index (χ2n) is 7.95. The molecule has 0 aliphatic heterocycles. The van der Waals surface area contributed by atoms with Gasteiger partial charge in [-0.25, -0.2) is 4.79 Å². The monoisotopic (exact) mass is 557 g/mol. The van der Waals surface area contributed by atoms with Crippen LogP contribution in [0.2, 0.25) is 5.02 Å². The van der Waals surface area contributed by atoms with Gasteiger partial charge in [-0.05, 0) is 51.2 Å². The van der Waals surface area contributed by atoms with Crippen molar-refractivity contribution in [1.29, 1.82) is 0 Å². The van der Waals surface area contributed by atoms with Crippen molar-refractivity contribution in [1.82, 2.24) is 4.90 Å². The molecule has 0 unspecified atom stereocenters. The van der Waals surface area contributed by atoms with E-state index in [2.05, 4.69) is 10.6 Å². The molecule has 0 fully saturated rings. The molecule has 3 rings (SSSR count). The number of likely N-dealkylation sites (N-methyl/N-ethyl adjacent to an activating group) is 1. The summed E-state index contributed by atoms with van der Waals surface area (Å²) in [6.07, 6.45) is -4.67. The van der Waals surface area contributed by atoms with Crippen molar-refractivity contribution < 1.29 is 36.7 Å². The first-order valence-corrected chi connectivity index (χ1v) is 12.1. The fourth-order valence-electron chi connectivity index (χ4n) is 3.35. The van der Waals surface area contributed by atoms with Crippen molar-refractivity contribution in [3.05, 3.63) is 57.6 Å². The Balaban J connectivity index is 1.64. The highest BCUT2D eigenvalue weighted by Crippen LogP contribution is 2.37. The van der Waals surface area contributed by atoms with Gasteiger partial charge in [0.05, 0.1) is 30.3 Å². The van der Waals surface area contributed by atoms with Crippen molar-refractivity contribution in [3.63, 3.8) is 0 Å². The second-order valence-corrected chi connectivity index (χ2v) is 9.23. The van der Waals surface area contributed by atoms with Crippen molar-refractivity contribution in [3.8, 4) is 11.3 Å². The lowest BCUT2D eigenvalue weighted by molar-refractivity contribution is -0.137. The van der Waals surface area contributed by atoms with Crippen LogP contribution in [-0.4, -0.2) is 49.4 Å². The molecule has 13 heteroatoms. The van der Waals surface area contributed by atoms with Crippen LogP contribution in [0.5, 0.6) is 0 Å². The number of esters is 1. The lowest BCUT2D eigenvalue weighted by Crippen LogP contribution is -2.36. The van der Waals surface area contributed by atoms with Crippen LogP contribution < -0.4 is 10.6 Å². The number of halogens is 4. The maximum atomic E-state index is 13.0. The van der Waals surface area contributed by atoms with Crippen LogP contribution >= 0.6 is 22.9 Å². The molecule has 0 atom stereocenters. The minimum atomic E-state index is -4.67. The Morgan fingerprint density at radius 1 is 1.11 bits per heavy atom. The van der Waals surface area contributed by atoms with Crippen molar-refractivity contribution in [2.45, 2.75) is 20.0 Å². The number of amides is 2. The molecular formula is C24H23ClF3N3O5S. The number of nitrogens with one attached hydrogen (secondary N) is 2. The highest BCUT2D eigenvalue weighted by atomic mass is 35.5. The second kappa shape index (κ2) is 11.8. The maximum absolute atomic E-state index is 13.0. The first-order chi connectivity index (χ1) is 17.4. The zero-order valence-corrected chi connectivity index (χ0v) is 21.6. The summed E-state index contributed by atoms with van der Waals surface area (Å²) in [6, 6.07) is 6.47. The van der Waals surface area contributed by atoms with Gasteiger partial charge in [-0.15, -0.1) is 11.3 Å². The average molecular weight is 558 g/mol. The molecule has 0 saturated heterocycles. The quantitative estimate of drug-likeness (QED) is 0.329. The number of rotatable bonds is 9. The minimum Gasteiger partial charge on any atom is -0.462 e. The van der Waals surface area contributed by atoms with Crippen LogP contribution in [0.4, 0.5) is 23.9 Å². The standard InChI is InChI=1S/C24H23ClF3N3O5S/c1-4-35-23(34)21-15(18-8-5-13(2)36-18)12-37-22(21)30-20(33)11-31(3)10-19(32)29-14-6-7-17(25)16(9-14)24(26,27)28/h5-9,12H,4,10-11H2,1-3H3,(H,29,32)(H,30,33). The van der Waals surface area contributed by atoms with E-state index in [1.165, 1.54) is 18.0 Å². The van der Waals surface area contributed by atoms with Gasteiger partial charge in [-0.2, -0.15) is 13.2 Å². The van der Waals surface area contributed by atoms with E-state index in [4.69, 9.17) is 20.8 Å². The van der Waals surface area contributed by atoms with E-state index in [0.717, 1.165) is 23.5 Å². The Kier molecular flexibility index (Phi) is 9.00. The molecule has 1 aromatic carbocycles. The van der Waals surface area contributed by atoms with E-state index in [-0.39, 0.29) is 35.9 Å². The van der Waals surface area contributed by atoms with Crippen LogP contribution in [0.15, 0.2) is 40.1 Å². The molecule has 198 valence electrons. The van der Waals surface area contributed by atoms with Gasteiger partial charge in [-0.3, -0.25) is 14.5 Å². The maximum Gasteiger partial charge on any atom is 0.417 e. The molecule has 3 aromatic rings. The topological polar surface area (TPSA) is 101 Å². The van der Waals surface area contributed by atoms with Crippen LogP contribution in [0.25, 0.3) is 11.3 Å². The number of carbonyl (C=O) groups excluding carboxylic acids is 3. The summed E-state index contributed by atoms with van der Waals surface area (Å²) in [4.78, 5) is 38.9. The van der Waals surface area contributed by atoms with Crippen molar-refractivity contribution in [2.24, 2.45) is 0 Å². The van der Waals surface area contributed by atoms with Crippen molar-refractivity contribution >= 4 is 51.4 Å². The van der Waals surface area contributed by atoms with E-state index in [1.54, 1.807) is 31.4 Å². The summed E-state index contributed by atoms with van der Waals surface area (Å²) in [7, 11) is 1.49. The predicted octanol–water partition coefficient (Wildman–Crippen LogP) is 5.67. The summed E-state index contributed by atoms with van der Waals surface area (Å²) in [6.45, 7) is 3.03. The van der Waals surface area contributed by atoms with Gasteiger partial charge in [0.2, 0.25) is 11.8 Å². The Labute approximate surface area is 219 Å². The van der Waals surface area contributed by atoms with Gasteiger partial charge in [0, 0.05) is 16.6 Å². The number of benzene rings is 1. The summed E-state index contributed by atoms with van der Waals surface area (Å²) >= 11 is 6.71. The Morgan fingerprint density at radius 3 is 2.38 bits per heavy atom. The Hall–Kier alpha value is -3.35. The first-order valence-electron chi connectivity index (χ1n) is 10.9. The van der Waals surface area contributed by atoms with E-state index in [0.29, 0.717) is 17.1 Å². The number of carbonyl (C=O) groups is 3. The number of aryl methyl sites for hydroxylation is 1. The van der Waals surface area contributed by atoms with Crippen LogP contribution in [0.3, 0.4) is 0 Å². The Morgan fingerprint density at radius 2 is 1.78 bits per heavy atom. The van der Waals surface area contributed by atoms with Gasteiger partial charge >= 0.3 is 12.1 Å². The fourth-order valence-corrected chi connectivity index (χ4v) is 4.53. The normalized spacial score (nSPS) is 11.5. The molecule has 0 spiro atoms. The van der Waals surface area contributed by atoms with Gasteiger partial charge in [0.25, 0.3) is 0 Å². The highest BCUT2D eigenvalue weighted by Gasteiger charge is 2.33. The average Bonchev–Trinajstić information content (AvgIpc) is 3.40. The molecule has 0 saturated carbocycles. The molecule has 0 bridgehead atoms. The van der Waals surface area contributed by atoms with Gasteiger partial charge in [-0.1, -0.05) is 11.6 Å². The van der Waals surface area contributed by atoms with E-state index >= 15 is 0 Å². The van der Waals surface area contributed by atoms with E-state index in [1.807, 2.05) is 0 Å². The van der Waals surface area contributed by atoms with Gasteiger partial charge < -0.3 is 19.8 Å². The molecule has 0 aliphatic carbocycles. The first kappa shape index (κ1) is 28.2. The summed E-state index contributed by atoms with van der Waals surface area (Å²) in [5.74, 6) is -0.686. The lowest BCUT2D eigenvalue weighted by Gasteiger charge is -2.17. The Bertz CT molecular complexity index is 1310. The molecule has 0 aliphatic rings. The molecule has 2 amide bonds. The molecule has 37 heavy (non-hydrogen) atoms. The number of anilines is 2. The lowest BCUT2D eigenvalue weighted by atomic mass is 10.1. The third-order valence-corrected chi connectivity index (χ3v) is 6.14. The molecule has 8 nitrogen and oxygen atoms in total. The molecule has 2 aromatic heterocycles. The molecule has 2 N–H and O–H groups in total. The number of hydrogen-bond donors (Lipinski definition) is 2. The molecule has 2 heterocycles. The zero-order valence-electron chi connectivity index (χ0n) is 20.0. The zero-order chi connectivity index (χ0) is 27.3. The van der Waals surface area contributed by atoms with Crippen LogP contribution in [0, 0.1) is 6.92 Å². The number of ether oxygens (including phenoxy) is 1. The van der Waals surface area contributed by atoms with Gasteiger partial charge in [0.1, 0.15) is 22.1 Å². The summed E-state index contributed by atoms with van der Waals surface area (Å²) in [5, 5.41) is 6.45. The molecular weight excluding hydrogens is 535 g/mol. The highest BCUT2D eigenvalue weighted by molar-refractivity contribution is 7.15. The number of furan rings is 1. The largest absolute Gasteiger partial charge is 0.462 e. The SMILES string of the molecule is CCOC(=O)c1c(-c2ccc(C)o2)csc1NC(=O)CN(C)CC(=O)Nc1ccc(Cl)c(C(F)(F)F)c1.